The third-order valence-electron chi connectivity index (χ3n) is 7.29. The van der Waals surface area contributed by atoms with Crippen LogP contribution in [0.2, 0.25) is 0 Å². The molecule has 0 fully saturated rings. The van der Waals surface area contributed by atoms with Gasteiger partial charge >= 0.3 is 0 Å². The van der Waals surface area contributed by atoms with Gasteiger partial charge in [-0.25, -0.2) is 0 Å². The molecular formula is C30H46O3. The van der Waals surface area contributed by atoms with Crippen LogP contribution in [0.15, 0.2) is 24.3 Å². The van der Waals surface area contributed by atoms with Gasteiger partial charge in [-0.05, 0) is 87.8 Å². The molecule has 0 amide bonds. The molecular weight excluding hydrogens is 408 g/mol. The molecule has 184 valence electrons. The van der Waals surface area contributed by atoms with Crippen molar-refractivity contribution >= 4 is 0 Å². The van der Waals surface area contributed by atoms with Crippen molar-refractivity contribution in [3.8, 4) is 11.5 Å². The highest BCUT2D eigenvalue weighted by Gasteiger charge is 2.30. The highest BCUT2D eigenvalue weighted by atomic mass is 16.5. The molecule has 2 atom stereocenters. The Morgan fingerprint density at radius 2 is 0.879 bits per heavy atom. The van der Waals surface area contributed by atoms with E-state index in [0.29, 0.717) is 26.4 Å². The molecule has 3 nitrogen and oxygen atoms in total. The second kappa shape index (κ2) is 11.4. The van der Waals surface area contributed by atoms with Crippen LogP contribution in [0.3, 0.4) is 0 Å². The summed E-state index contributed by atoms with van der Waals surface area (Å²) in [6.07, 6.45) is 2.04. The molecule has 0 spiro atoms. The average Bonchev–Trinajstić information content (AvgIpc) is 2.78. The van der Waals surface area contributed by atoms with E-state index in [1.54, 1.807) is 0 Å². The quantitative estimate of drug-likeness (QED) is 0.328. The van der Waals surface area contributed by atoms with Crippen LogP contribution in [0.5, 0.6) is 11.5 Å². The summed E-state index contributed by atoms with van der Waals surface area (Å²) in [7, 11) is 0. The summed E-state index contributed by atoms with van der Waals surface area (Å²) in [6.45, 7) is 24.5. The topological polar surface area (TPSA) is 27.7 Å². The fraction of sp³-hybridized carbons (Fsp3) is 0.600. The summed E-state index contributed by atoms with van der Waals surface area (Å²) < 4.78 is 18.2. The van der Waals surface area contributed by atoms with Gasteiger partial charge in [0.1, 0.15) is 11.5 Å². The predicted molar refractivity (Wildman–Crippen MR) is 140 cm³/mol. The van der Waals surface area contributed by atoms with E-state index in [1.165, 1.54) is 33.4 Å². The molecule has 2 aromatic carbocycles. The molecule has 0 aliphatic rings. The van der Waals surface area contributed by atoms with E-state index >= 15 is 0 Å². The minimum Gasteiger partial charge on any atom is -0.493 e. The maximum Gasteiger partial charge on any atom is 0.125 e. The van der Waals surface area contributed by atoms with E-state index in [0.717, 1.165) is 24.3 Å². The van der Waals surface area contributed by atoms with Crippen LogP contribution < -0.4 is 9.47 Å². The second-order valence-corrected chi connectivity index (χ2v) is 10.1. The standard InChI is InChI=1S/C30H46O3/c1-11-29(9,25-15-21(5)27(32-13-3)22(6)16-25)19-31-20-30(10,12-2)26-17-23(7)28(33-14-4)24(8)18-26/h15-18H,11-14,19-20H2,1-10H3. The van der Waals surface area contributed by atoms with Crippen molar-refractivity contribution in [1.82, 2.24) is 0 Å². The lowest BCUT2D eigenvalue weighted by molar-refractivity contribution is 0.0509. The van der Waals surface area contributed by atoms with Crippen LogP contribution >= 0.6 is 0 Å². The summed E-state index contributed by atoms with van der Waals surface area (Å²) in [6, 6.07) is 9.12. The van der Waals surface area contributed by atoms with Crippen molar-refractivity contribution in [2.24, 2.45) is 0 Å². The summed E-state index contributed by atoms with van der Waals surface area (Å²) in [4.78, 5) is 0. The Hall–Kier alpha value is -2.00. The number of hydrogen-bond donors (Lipinski definition) is 0. The van der Waals surface area contributed by atoms with Crippen molar-refractivity contribution in [3.05, 3.63) is 57.6 Å². The molecule has 0 heterocycles. The first kappa shape index (κ1) is 27.2. The Balaban J connectivity index is 2.23. The van der Waals surface area contributed by atoms with E-state index < -0.39 is 0 Å². The van der Waals surface area contributed by atoms with Gasteiger partial charge in [0.05, 0.1) is 26.4 Å². The van der Waals surface area contributed by atoms with Gasteiger partial charge in [0, 0.05) is 10.8 Å². The molecule has 2 aromatic rings. The molecule has 2 rings (SSSR count). The first-order chi connectivity index (χ1) is 15.5. The van der Waals surface area contributed by atoms with E-state index in [-0.39, 0.29) is 10.8 Å². The third kappa shape index (κ3) is 6.12. The summed E-state index contributed by atoms with van der Waals surface area (Å²) >= 11 is 0. The smallest absolute Gasteiger partial charge is 0.125 e. The van der Waals surface area contributed by atoms with E-state index in [4.69, 9.17) is 14.2 Å². The molecule has 0 aliphatic carbocycles. The lowest BCUT2D eigenvalue weighted by Crippen LogP contribution is -2.33. The Bertz CT molecular complexity index is 811. The largest absolute Gasteiger partial charge is 0.493 e. The minimum atomic E-state index is -0.0421. The first-order valence-corrected chi connectivity index (χ1v) is 12.6. The van der Waals surface area contributed by atoms with Crippen molar-refractivity contribution < 1.29 is 14.2 Å². The van der Waals surface area contributed by atoms with Crippen LogP contribution in [0.25, 0.3) is 0 Å². The molecule has 0 bridgehead atoms. The normalized spacial score (nSPS) is 15.1. The van der Waals surface area contributed by atoms with E-state index in [9.17, 15) is 0 Å². The van der Waals surface area contributed by atoms with Gasteiger partial charge in [0.15, 0.2) is 0 Å². The Morgan fingerprint density at radius 1 is 0.576 bits per heavy atom. The van der Waals surface area contributed by atoms with Crippen LogP contribution in [0.1, 0.15) is 87.8 Å². The fourth-order valence-electron chi connectivity index (χ4n) is 4.62. The minimum absolute atomic E-state index is 0.0421. The van der Waals surface area contributed by atoms with Crippen LogP contribution in [0, 0.1) is 27.7 Å². The summed E-state index contributed by atoms with van der Waals surface area (Å²) in [5, 5.41) is 0. The average molecular weight is 455 g/mol. The molecule has 33 heavy (non-hydrogen) atoms. The number of ether oxygens (including phenoxy) is 3. The van der Waals surface area contributed by atoms with Gasteiger partial charge < -0.3 is 14.2 Å². The second-order valence-electron chi connectivity index (χ2n) is 10.1. The fourth-order valence-corrected chi connectivity index (χ4v) is 4.62. The number of hydrogen-bond acceptors (Lipinski definition) is 3. The Morgan fingerprint density at radius 3 is 1.12 bits per heavy atom. The molecule has 2 unspecified atom stereocenters. The van der Waals surface area contributed by atoms with Gasteiger partial charge in [-0.15, -0.1) is 0 Å². The zero-order valence-corrected chi connectivity index (χ0v) is 22.8. The van der Waals surface area contributed by atoms with E-state index in [2.05, 4.69) is 79.7 Å². The molecule has 0 aliphatic heterocycles. The Kier molecular flexibility index (Phi) is 9.43. The lowest BCUT2D eigenvalue weighted by atomic mass is 9.78. The molecule has 3 heteroatoms. The highest BCUT2D eigenvalue weighted by Crippen LogP contribution is 2.37. The zero-order chi connectivity index (χ0) is 24.8. The summed E-state index contributed by atoms with van der Waals surface area (Å²) in [5.41, 5.74) is 7.37. The van der Waals surface area contributed by atoms with Crippen LogP contribution in [0.4, 0.5) is 0 Å². The van der Waals surface area contributed by atoms with Crippen molar-refractivity contribution in [2.45, 2.75) is 92.9 Å². The SMILES string of the molecule is CCOc1c(C)cc(C(C)(CC)COCC(C)(CC)c2cc(C)c(OCC)c(C)c2)cc1C. The maximum absolute atomic E-state index is 6.51. The zero-order valence-electron chi connectivity index (χ0n) is 22.8. The number of rotatable bonds is 12. The lowest BCUT2D eigenvalue weighted by Gasteiger charge is -2.34. The molecule has 0 saturated heterocycles. The summed E-state index contributed by atoms with van der Waals surface area (Å²) in [5.74, 6) is 2.03. The monoisotopic (exact) mass is 454 g/mol. The highest BCUT2D eigenvalue weighted by molar-refractivity contribution is 5.46. The molecule has 0 aromatic heterocycles. The van der Waals surface area contributed by atoms with Gasteiger partial charge in [-0.1, -0.05) is 52.0 Å². The van der Waals surface area contributed by atoms with Crippen molar-refractivity contribution in [2.75, 3.05) is 26.4 Å². The molecule has 0 N–H and O–H groups in total. The van der Waals surface area contributed by atoms with Gasteiger partial charge in [-0.3, -0.25) is 0 Å². The van der Waals surface area contributed by atoms with Crippen molar-refractivity contribution in [3.63, 3.8) is 0 Å². The Labute approximate surface area is 202 Å². The van der Waals surface area contributed by atoms with Gasteiger partial charge in [0.25, 0.3) is 0 Å². The molecule has 0 saturated carbocycles. The molecule has 0 radical (unpaired) electrons. The maximum atomic E-state index is 6.51. The van der Waals surface area contributed by atoms with Gasteiger partial charge in [0.2, 0.25) is 0 Å². The number of benzene rings is 2. The van der Waals surface area contributed by atoms with Gasteiger partial charge in [-0.2, -0.15) is 0 Å². The first-order valence-electron chi connectivity index (χ1n) is 12.6. The predicted octanol–water partition coefficient (Wildman–Crippen LogP) is 7.77. The third-order valence-corrected chi connectivity index (χ3v) is 7.29. The van der Waals surface area contributed by atoms with Crippen LogP contribution in [-0.2, 0) is 15.6 Å². The van der Waals surface area contributed by atoms with Crippen LogP contribution in [-0.4, -0.2) is 26.4 Å². The number of aryl methyl sites for hydroxylation is 4. The van der Waals surface area contributed by atoms with Crippen molar-refractivity contribution in [1.29, 1.82) is 0 Å². The van der Waals surface area contributed by atoms with E-state index in [1.807, 2.05) is 13.8 Å².